The van der Waals surface area contributed by atoms with Gasteiger partial charge in [-0.15, -0.1) is 0 Å². The lowest BCUT2D eigenvalue weighted by molar-refractivity contribution is -0.142. The van der Waals surface area contributed by atoms with Gasteiger partial charge in [0, 0.05) is 0 Å². The van der Waals surface area contributed by atoms with Crippen molar-refractivity contribution in [3.05, 3.63) is 12.2 Å². The Balaban J connectivity index is 2.16. The second-order valence-corrected chi connectivity index (χ2v) is 2.70. The number of rotatable bonds is 1. The first kappa shape index (κ1) is 5.92. The third-order valence-electron chi connectivity index (χ3n) is 2.05. The maximum Gasteiger partial charge on any atom is 0.309 e. The van der Waals surface area contributed by atoms with Crippen molar-refractivity contribution in [1.82, 2.24) is 0 Å². The summed E-state index contributed by atoms with van der Waals surface area (Å²) in [6.45, 7) is 0. The number of ether oxygens (including phenoxy) is 1. The van der Waals surface area contributed by atoms with Gasteiger partial charge >= 0.3 is 5.97 Å². The SMILES string of the molecule is O=C(O)[C@H]1C[C@H]2C=C[C@@H]1O2. The summed E-state index contributed by atoms with van der Waals surface area (Å²) in [6, 6.07) is 0. The fourth-order valence-electron chi connectivity index (χ4n) is 1.51. The van der Waals surface area contributed by atoms with Crippen LogP contribution in [0.15, 0.2) is 12.2 Å². The van der Waals surface area contributed by atoms with Crippen LogP contribution in [0.3, 0.4) is 0 Å². The third-order valence-corrected chi connectivity index (χ3v) is 2.05. The first-order valence-corrected chi connectivity index (χ1v) is 3.34. The molecule has 0 aliphatic carbocycles. The van der Waals surface area contributed by atoms with E-state index >= 15 is 0 Å². The molecule has 2 rings (SSSR count). The predicted octanol–water partition coefficient (Wildman–Crippen LogP) is 0.415. The van der Waals surface area contributed by atoms with E-state index < -0.39 is 5.97 Å². The lowest BCUT2D eigenvalue weighted by Gasteiger charge is -2.08. The fourth-order valence-corrected chi connectivity index (χ4v) is 1.51. The van der Waals surface area contributed by atoms with Crippen molar-refractivity contribution in [3.63, 3.8) is 0 Å². The van der Waals surface area contributed by atoms with Crippen molar-refractivity contribution in [3.8, 4) is 0 Å². The van der Waals surface area contributed by atoms with Crippen molar-refractivity contribution in [2.75, 3.05) is 0 Å². The fraction of sp³-hybridized carbons (Fsp3) is 0.571. The van der Waals surface area contributed by atoms with E-state index in [1.165, 1.54) is 0 Å². The minimum atomic E-state index is -0.739. The Kier molecular flexibility index (Phi) is 1.08. The van der Waals surface area contributed by atoms with E-state index in [0.29, 0.717) is 6.42 Å². The molecule has 0 spiro atoms. The molecule has 2 heterocycles. The molecular formula is C7H8O3. The van der Waals surface area contributed by atoms with Crippen LogP contribution in [0.25, 0.3) is 0 Å². The largest absolute Gasteiger partial charge is 0.481 e. The molecule has 3 nitrogen and oxygen atoms in total. The van der Waals surface area contributed by atoms with Gasteiger partial charge in [-0.1, -0.05) is 12.2 Å². The third kappa shape index (κ3) is 0.671. The van der Waals surface area contributed by atoms with Crippen molar-refractivity contribution in [1.29, 1.82) is 0 Å². The van der Waals surface area contributed by atoms with Crippen LogP contribution in [0.5, 0.6) is 0 Å². The molecule has 2 aliphatic rings. The average Bonchev–Trinajstić information content (AvgIpc) is 2.44. The van der Waals surface area contributed by atoms with Gasteiger partial charge < -0.3 is 9.84 Å². The molecule has 0 amide bonds. The van der Waals surface area contributed by atoms with Gasteiger partial charge in [0.2, 0.25) is 0 Å². The molecule has 10 heavy (non-hydrogen) atoms. The lowest BCUT2D eigenvalue weighted by atomic mass is 9.95. The number of carboxylic acid groups (broad SMARTS) is 1. The molecule has 0 unspecified atom stereocenters. The number of carboxylic acids is 1. The topological polar surface area (TPSA) is 46.5 Å². The highest BCUT2D eigenvalue weighted by molar-refractivity contribution is 5.72. The molecule has 1 fully saturated rings. The van der Waals surface area contributed by atoms with Crippen LogP contribution in [0.1, 0.15) is 6.42 Å². The summed E-state index contributed by atoms with van der Waals surface area (Å²) in [6.07, 6.45) is 4.35. The minimum absolute atomic E-state index is 0.0751. The number of hydrogen-bond acceptors (Lipinski definition) is 2. The van der Waals surface area contributed by atoms with E-state index in [0.717, 1.165) is 0 Å². The van der Waals surface area contributed by atoms with E-state index in [1.807, 2.05) is 12.2 Å². The summed E-state index contributed by atoms with van der Waals surface area (Å²) in [5, 5.41) is 8.62. The van der Waals surface area contributed by atoms with Gasteiger partial charge in [0.25, 0.3) is 0 Å². The summed E-state index contributed by atoms with van der Waals surface area (Å²) in [5.41, 5.74) is 0. The molecular weight excluding hydrogens is 132 g/mol. The van der Waals surface area contributed by atoms with Crippen LogP contribution in [0.4, 0.5) is 0 Å². The minimum Gasteiger partial charge on any atom is -0.481 e. The molecule has 2 bridgehead atoms. The standard InChI is InChI=1S/C7H8O3/c8-7(9)5-3-4-1-2-6(5)10-4/h1-2,4-6H,3H2,(H,8,9)/t4-,5+,6+/m1/s1. The predicted molar refractivity (Wildman–Crippen MR) is 33.5 cm³/mol. The molecule has 0 aromatic rings. The first-order valence-electron chi connectivity index (χ1n) is 3.34. The number of aliphatic carboxylic acids is 1. The van der Waals surface area contributed by atoms with Crippen molar-refractivity contribution in [2.24, 2.45) is 5.92 Å². The molecule has 3 heteroatoms. The van der Waals surface area contributed by atoms with Gasteiger partial charge in [0.1, 0.15) is 0 Å². The van der Waals surface area contributed by atoms with Crippen LogP contribution in [0.2, 0.25) is 0 Å². The summed E-state index contributed by atoms with van der Waals surface area (Å²) in [4.78, 5) is 10.5. The Hall–Kier alpha value is -0.830. The van der Waals surface area contributed by atoms with Gasteiger partial charge in [-0.2, -0.15) is 0 Å². The zero-order chi connectivity index (χ0) is 7.14. The Labute approximate surface area is 58.3 Å². The molecule has 0 aromatic heterocycles. The van der Waals surface area contributed by atoms with E-state index in [4.69, 9.17) is 9.84 Å². The Morgan fingerprint density at radius 2 is 2.40 bits per heavy atom. The molecule has 0 aromatic carbocycles. The zero-order valence-electron chi connectivity index (χ0n) is 5.36. The van der Waals surface area contributed by atoms with Crippen LogP contribution >= 0.6 is 0 Å². The first-order chi connectivity index (χ1) is 4.77. The molecule has 2 aliphatic heterocycles. The second kappa shape index (κ2) is 1.83. The Bertz CT molecular complexity index is 197. The zero-order valence-corrected chi connectivity index (χ0v) is 5.36. The normalized spacial score (nSPS) is 42.6. The smallest absolute Gasteiger partial charge is 0.309 e. The van der Waals surface area contributed by atoms with Crippen LogP contribution in [-0.4, -0.2) is 23.3 Å². The van der Waals surface area contributed by atoms with Crippen molar-refractivity contribution in [2.45, 2.75) is 18.6 Å². The maximum absolute atomic E-state index is 10.5. The van der Waals surface area contributed by atoms with Crippen LogP contribution in [0, 0.1) is 5.92 Å². The van der Waals surface area contributed by atoms with E-state index in [9.17, 15) is 4.79 Å². The lowest BCUT2D eigenvalue weighted by Crippen LogP contribution is -2.22. The Morgan fingerprint density at radius 1 is 1.60 bits per heavy atom. The molecule has 3 atom stereocenters. The van der Waals surface area contributed by atoms with Crippen LogP contribution < -0.4 is 0 Å². The summed E-state index contributed by atoms with van der Waals surface area (Å²) >= 11 is 0. The Morgan fingerprint density at radius 3 is 2.70 bits per heavy atom. The second-order valence-electron chi connectivity index (χ2n) is 2.70. The van der Waals surface area contributed by atoms with Crippen molar-refractivity contribution >= 4 is 5.97 Å². The van der Waals surface area contributed by atoms with Gasteiger partial charge in [-0.25, -0.2) is 0 Å². The van der Waals surface area contributed by atoms with Gasteiger partial charge in [0.05, 0.1) is 18.1 Å². The average molecular weight is 140 g/mol. The summed E-state index contributed by atoms with van der Waals surface area (Å²) in [5.74, 6) is -1.04. The summed E-state index contributed by atoms with van der Waals surface area (Å²) in [7, 11) is 0. The monoisotopic (exact) mass is 140 g/mol. The van der Waals surface area contributed by atoms with E-state index in [2.05, 4.69) is 0 Å². The van der Waals surface area contributed by atoms with E-state index in [-0.39, 0.29) is 18.1 Å². The number of carbonyl (C=O) groups is 1. The molecule has 0 saturated carbocycles. The summed E-state index contributed by atoms with van der Waals surface area (Å²) < 4.78 is 5.25. The highest BCUT2D eigenvalue weighted by atomic mass is 16.5. The van der Waals surface area contributed by atoms with Crippen LogP contribution in [-0.2, 0) is 9.53 Å². The molecule has 1 saturated heterocycles. The number of fused-ring (bicyclic) bond motifs is 2. The quantitative estimate of drug-likeness (QED) is 0.537. The van der Waals surface area contributed by atoms with Gasteiger partial charge in [-0.05, 0) is 6.42 Å². The van der Waals surface area contributed by atoms with Gasteiger partial charge in [-0.3, -0.25) is 4.79 Å². The maximum atomic E-state index is 10.5. The molecule has 54 valence electrons. The van der Waals surface area contributed by atoms with Crippen molar-refractivity contribution < 1.29 is 14.6 Å². The number of hydrogen-bond donors (Lipinski definition) is 1. The highest BCUT2D eigenvalue weighted by Gasteiger charge is 2.40. The molecule has 1 N–H and O–H groups in total. The molecule has 0 radical (unpaired) electrons. The van der Waals surface area contributed by atoms with E-state index in [1.54, 1.807) is 0 Å². The van der Waals surface area contributed by atoms with Gasteiger partial charge in [0.15, 0.2) is 0 Å². The highest BCUT2D eigenvalue weighted by Crippen LogP contribution is 2.33.